The molecule has 0 radical (unpaired) electrons. The smallest absolute Gasteiger partial charge is 0.0370 e. The third-order valence-electron chi connectivity index (χ3n) is 0.450. The van der Waals surface area contributed by atoms with Crippen LogP contribution in [0.25, 0.3) is 0 Å². The Labute approximate surface area is 47.2 Å². The highest BCUT2D eigenvalue weighted by Gasteiger charge is 1.86. The first kappa shape index (κ1) is 7.76. The molecule has 4 N–H and O–H groups in total. The molecule has 0 saturated heterocycles. The van der Waals surface area contributed by atoms with Gasteiger partial charge in [0.2, 0.25) is 0 Å². The van der Waals surface area contributed by atoms with Crippen molar-refractivity contribution in [1.82, 2.24) is 16.4 Å². The summed E-state index contributed by atoms with van der Waals surface area (Å²) >= 11 is 0. The second kappa shape index (κ2) is 4.91. The van der Waals surface area contributed by atoms with E-state index in [0.717, 1.165) is 0 Å². The fourth-order valence-corrected chi connectivity index (χ4v) is 0.148. The van der Waals surface area contributed by atoms with E-state index >= 15 is 0 Å². The van der Waals surface area contributed by atoms with Gasteiger partial charge in [0, 0.05) is 14.1 Å². The van der Waals surface area contributed by atoms with E-state index in [2.05, 4.69) is 21.4 Å². The summed E-state index contributed by atoms with van der Waals surface area (Å²) in [6, 6.07) is 0. The molecule has 6 nitrogen and oxygen atoms in total. The number of hydrogen-bond acceptors (Lipinski definition) is 5. The minimum Gasteiger partial charge on any atom is -0.578 e. The molecule has 6 heteroatoms. The Morgan fingerprint density at radius 1 is 1.50 bits per heavy atom. The first-order valence-corrected chi connectivity index (χ1v) is 2.11. The van der Waals surface area contributed by atoms with Gasteiger partial charge in [-0.3, -0.25) is 0 Å². The Morgan fingerprint density at radius 2 is 2.12 bits per heavy atom. The van der Waals surface area contributed by atoms with Gasteiger partial charge < -0.3 is 5.21 Å². The van der Waals surface area contributed by atoms with E-state index in [9.17, 15) is 5.21 Å². The first-order valence-electron chi connectivity index (χ1n) is 2.11. The van der Waals surface area contributed by atoms with Crippen LogP contribution in [0.5, 0.6) is 0 Å². The van der Waals surface area contributed by atoms with Crippen molar-refractivity contribution in [3.05, 3.63) is 5.21 Å². The van der Waals surface area contributed by atoms with Gasteiger partial charge in [-0.1, -0.05) is 10.5 Å². The summed E-state index contributed by atoms with van der Waals surface area (Å²) in [5.41, 5.74) is 6.77. The zero-order valence-electron chi connectivity index (χ0n) is 4.82. The van der Waals surface area contributed by atoms with Crippen molar-refractivity contribution in [2.24, 2.45) is 0 Å². The third kappa shape index (κ3) is 3.93. The average Bonchev–Trinajstić information content (AvgIpc) is 1.83. The van der Waals surface area contributed by atoms with Gasteiger partial charge in [-0.15, -0.1) is 10.8 Å². The lowest BCUT2D eigenvalue weighted by molar-refractivity contribution is -1.10. The molecule has 0 amide bonds. The van der Waals surface area contributed by atoms with Crippen molar-refractivity contribution in [2.75, 3.05) is 14.1 Å². The molecule has 0 aliphatic rings. The van der Waals surface area contributed by atoms with Crippen LogP contribution in [-0.2, 0) is 4.94 Å². The van der Waals surface area contributed by atoms with Crippen molar-refractivity contribution >= 4 is 0 Å². The van der Waals surface area contributed by atoms with Gasteiger partial charge in [0.05, 0.1) is 0 Å². The van der Waals surface area contributed by atoms with Gasteiger partial charge in [0.15, 0.2) is 0 Å². The van der Waals surface area contributed by atoms with Gasteiger partial charge >= 0.3 is 0 Å². The summed E-state index contributed by atoms with van der Waals surface area (Å²) < 4.78 is 0. The van der Waals surface area contributed by atoms with Crippen molar-refractivity contribution in [3.8, 4) is 0 Å². The van der Waals surface area contributed by atoms with Crippen molar-refractivity contribution in [1.29, 1.82) is 0 Å². The summed E-state index contributed by atoms with van der Waals surface area (Å²) in [4.78, 5) is 4.23. The molecular formula is C2H10N4O2. The molecule has 0 heterocycles. The fraction of sp³-hybridized carbons (Fsp3) is 1.00. The minimum absolute atomic E-state index is 0.528. The summed E-state index contributed by atoms with van der Waals surface area (Å²) in [5.74, 6) is 0. The molecule has 1 atom stereocenters. The predicted octanol–water partition coefficient (Wildman–Crippen LogP) is -2.93. The summed E-state index contributed by atoms with van der Waals surface area (Å²) in [6.07, 6.45) is 0. The standard InChI is InChI=1S/C2H10N4O2/c1-3-5-8-6(7)4-2/h3-6H,1-2H3. The zero-order chi connectivity index (χ0) is 6.41. The molecule has 1 unspecified atom stereocenters. The van der Waals surface area contributed by atoms with Crippen LogP contribution < -0.4 is 21.8 Å². The van der Waals surface area contributed by atoms with E-state index < -0.39 is 5.34 Å². The Morgan fingerprint density at radius 3 is 2.50 bits per heavy atom. The Balaban J connectivity index is 2.86. The van der Waals surface area contributed by atoms with Crippen LogP contribution in [0, 0.1) is 5.21 Å². The lowest BCUT2D eigenvalue weighted by Gasteiger charge is -2.15. The minimum atomic E-state index is -0.528. The summed E-state index contributed by atoms with van der Waals surface area (Å²) in [5, 5.41) is 9.61. The largest absolute Gasteiger partial charge is 0.578 e. The highest BCUT2D eigenvalue weighted by molar-refractivity contribution is 3.91. The highest BCUT2D eigenvalue weighted by atomic mass is 17.0. The molecule has 0 spiro atoms. The zero-order valence-corrected chi connectivity index (χ0v) is 4.82. The van der Waals surface area contributed by atoms with E-state index in [1.54, 1.807) is 7.05 Å². The Hall–Kier alpha value is -0.240. The molecular weight excluding hydrogens is 112 g/mol. The van der Waals surface area contributed by atoms with E-state index in [1.807, 2.05) is 0 Å². The molecule has 0 rings (SSSR count). The number of nitrogens with one attached hydrogen (secondary N) is 4. The number of rotatable bonds is 4. The lowest BCUT2D eigenvalue weighted by Crippen LogP contribution is -3.14. The van der Waals surface area contributed by atoms with Crippen LogP contribution in [0.15, 0.2) is 0 Å². The second-order valence-electron chi connectivity index (χ2n) is 0.992. The Bertz CT molecular complexity index is 51.3. The van der Waals surface area contributed by atoms with E-state index in [4.69, 9.17) is 0 Å². The van der Waals surface area contributed by atoms with Crippen LogP contribution in [0.2, 0.25) is 0 Å². The van der Waals surface area contributed by atoms with E-state index in [1.165, 1.54) is 7.05 Å². The van der Waals surface area contributed by atoms with Crippen LogP contribution in [-0.4, -0.2) is 14.1 Å². The maximum Gasteiger partial charge on any atom is 0.0370 e. The third-order valence-corrected chi connectivity index (χ3v) is 0.450. The van der Waals surface area contributed by atoms with Gasteiger partial charge in [-0.25, -0.2) is 5.43 Å². The molecule has 0 aromatic carbocycles. The van der Waals surface area contributed by atoms with E-state index in [0.29, 0.717) is 0 Å². The second-order valence-corrected chi connectivity index (χ2v) is 0.992. The highest BCUT2D eigenvalue weighted by Crippen LogP contribution is 1.31. The lowest BCUT2D eigenvalue weighted by atomic mass is 11.5. The number of quaternary nitrogens is 1. The van der Waals surface area contributed by atoms with Gasteiger partial charge in [-0.05, 0) is 0 Å². The number of hydrogen-bond donors (Lipinski definition) is 4. The average molecular weight is 122 g/mol. The molecule has 0 aromatic heterocycles. The molecule has 0 aliphatic heterocycles. The van der Waals surface area contributed by atoms with Crippen LogP contribution in [0.3, 0.4) is 0 Å². The molecule has 50 valence electrons. The van der Waals surface area contributed by atoms with Gasteiger partial charge in [0.1, 0.15) is 0 Å². The quantitative estimate of drug-likeness (QED) is 0.300. The van der Waals surface area contributed by atoms with Crippen LogP contribution >= 0.6 is 0 Å². The first-order chi connectivity index (χ1) is 3.81. The molecule has 0 saturated carbocycles. The monoisotopic (exact) mass is 122 g/mol. The summed E-state index contributed by atoms with van der Waals surface area (Å²) in [6.45, 7) is 0. The summed E-state index contributed by atoms with van der Waals surface area (Å²) in [7, 11) is 3.06. The van der Waals surface area contributed by atoms with Gasteiger partial charge in [-0.2, -0.15) is 0 Å². The topological polar surface area (TPSA) is 72.8 Å². The molecule has 0 fully saturated rings. The van der Waals surface area contributed by atoms with Crippen LogP contribution in [0.4, 0.5) is 0 Å². The van der Waals surface area contributed by atoms with E-state index in [-0.39, 0.29) is 0 Å². The van der Waals surface area contributed by atoms with Crippen molar-refractivity contribution < 1.29 is 10.3 Å². The molecule has 0 aromatic rings. The SMILES string of the molecule is CNNO[NH+]([O-])NC. The molecule has 0 aliphatic carbocycles. The fourth-order valence-electron chi connectivity index (χ4n) is 0.148. The van der Waals surface area contributed by atoms with Crippen molar-refractivity contribution in [3.63, 3.8) is 0 Å². The molecule has 0 bridgehead atoms. The Kier molecular flexibility index (Phi) is 4.76. The van der Waals surface area contributed by atoms with Crippen molar-refractivity contribution in [2.45, 2.75) is 0 Å². The number of hydrazine groups is 1. The maximum atomic E-state index is 10.1. The van der Waals surface area contributed by atoms with Gasteiger partial charge in [0.25, 0.3) is 0 Å². The molecule has 8 heavy (non-hydrogen) atoms. The van der Waals surface area contributed by atoms with Crippen LogP contribution in [0.1, 0.15) is 0 Å². The predicted molar refractivity (Wildman–Crippen MR) is 26.7 cm³/mol. The maximum absolute atomic E-state index is 10.1. The normalized spacial score (nSPS) is 13.9.